The van der Waals surface area contributed by atoms with Gasteiger partial charge in [0.25, 0.3) is 5.56 Å². The highest BCUT2D eigenvalue weighted by Gasteiger charge is 2.37. The van der Waals surface area contributed by atoms with E-state index in [1.54, 1.807) is 24.3 Å². The minimum Gasteiger partial charge on any atom is -0.481 e. The number of rotatable bonds is 6. The lowest BCUT2D eigenvalue weighted by Gasteiger charge is -2.36. The predicted octanol–water partition coefficient (Wildman–Crippen LogP) is 3.29. The van der Waals surface area contributed by atoms with Crippen LogP contribution in [0.1, 0.15) is 55.0 Å². The summed E-state index contributed by atoms with van der Waals surface area (Å²) in [6.45, 7) is 6.03. The standard InChI is InChI=1S/C26H28FN3O5/c1-26(2,3)18-7-5-15(11-19(18)27)12-21(31)25-17-6-8-23(34-4)28-20(17)9-10-30(25)24(33)14-16-13-22(32)29-35-16/h5-8,11,13,25H,9-10,12,14H2,1-4H3,(H,29,32). The number of methoxy groups -OCH3 is 1. The highest BCUT2D eigenvalue weighted by Crippen LogP contribution is 2.33. The molecule has 0 saturated heterocycles. The average Bonchev–Trinajstić information content (AvgIpc) is 3.21. The summed E-state index contributed by atoms with van der Waals surface area (Å²) in [4.78, 5) is 44.1. The molecule has 0 saturated carbocycles. The number of pyridine rings is 1. The number of aromatic amines is 1. The number of carbonyl (C=O) groups excluding carboxylic acids is 2. The van der Waals surface area contributed by atoms with Crippen molar-refractivity contribution in [3.8, 4) is 5.88 Å². The number of nitrogens with zero attached hydrogens (tertiary/aromatic N) is 2. The van der Waals surface area contributed by atoms with Gasteiger partial charge in [0.15, 0.2) is 5.78 Å². The zero-order valence-electron chi connectivity index (χ0n) is 20.2. The molecule has 1 unspecified atom stereocenters. The predicted molar refractivity (Wildman–Crippen MR) is 126 cm³/mol. The van der Waals surface area contributed by atoms with Crippen LogP contribution in [-0.4, -0.2) is 40.4 Å². The number of carbonyl (C=O) groups is 2. The Hall–Kier alpha value is -3.75. The summed E-state index contributed by atoms with van der Waals surface area (Å²) in [7, 11) is 1.51. The van der Waals surface area contributed by atoms with E-state index in [-0.39, 0.29) is 48.1 Å². The van der Waals surface area contributed by atoms with Crippen LogP contribution in [0.25, 0.3) is 0 Å². The third kappa shape index (κ3) is 5.18. The van der Waals surface area contributed by atoms with Crippen molar-refractivity contribution in [2.75, 3.05) is 13.7 Å². The van der Waals surface area contributed by atoms with E-state index >= 15 is 0 Å². The first-order chi connectivity index (χ1) is 16.6. The Kier molecular flexibility index (Phi) is 6.60. The monoisotopic (exact) mass is 481 g/mol. The van der Waals surface area contributed by atoms with Gasteiger partial charge in [-0.3, -0.25) is 14.4 Å². The average molecular weight is 482 g/mol. The van der Waals surface area contributed by atoms with E-state index in [1.165, 1.54) is 24.1 Å². The van der Waals surface area contributed by atoms with Crippen molar-refractivity contribution in [3.63, 3.8) is 0 Å². The summed E-state index contributed by atoms with van der Waals surface area (Å²) < 4.78 is 25.0. The second-order valence-corrected chi connectivity index (χ2v) is 9.69. The fourth-order valence-corrected chi connectivity index (χ4v) is 4.43. The largest absolute Gasteiger partial charge is 0.481 e. The van der Waals surface area contributed by atoms with Gasteiger partial charge >= 0.3 is 0 Å². The van der Waals surface area contributed by atoms with Crippen LogP contribution in [-0.2, 0) is 34.3 Å². The van der Waals surface area contributed by atoms with Gasteiger partial charge in [-0.25, -0.2) is 9.37 Å². The Balaban J connectivity index is 1.65. The maximum Gasteiger partial charge on any atom is 0.280 e. The van der Waals surface area contributed by atoms with Crippen molar-refractivity contribution in [1.82, 2.24) is 15.0 Å². The molecule has 1 N–H and O–H groups in total. The van der Waals surface area contributed by atoms with Crippen LogP contribution in [0.2, 0.25) is 0 Å². The third-order valence-electron chi connectivity index (χ3n) is 6.13. The van der Waals surface area contributed by atoms with Gasteiger partial charge < -0.3 is 14.2 Å². The Morgan fingerprint density at radius 3 is 2.60 bits per heavy atom. The van der Waals surface area contributed by atoms with Crippen LogP contribution in [0.3, 0.4) is 0 Å². The molecule has 0 aliphatic carbocycles. The molecule has 1 amide bonds. The maximum atomic E-state index is 14.8. The van der Waals surface area contributed by atoms with Gasteiger partial charge in [0.2, 0.25) is 11.8 Å². The second-order valence-electron chi connectivity index (χ2n) is 9.69. The van der Waals surface area contributed by atoms with E-state index in [1.807, 2.05) is 20.8 Å². The van der Waals surface area contributed by atoms with E-state index in [2.05, 4.69) is 10.1 Å². The molecular formula is C26H28FN3O5. The van der Waals surface area contributed by atoms with Crippen LogP contribution in [0.5, 0.6) is 5.88 Å². The molecule has 1 aliphatic heterocycles. The van der Waals surface area contributed by atoms with Gasteiger partial charge in [0, 0.05) is 37.1 Å². The lowest BCUT2D eigenvalue weighted by atomic mass is 9.85. The van der Waals surface area contributed by atoms with Crippen LogP contribution in [0.4, 0.5) is 4.39 Å². The number of fused-ring (bicyclic) bond motifs is 1. The summed E-state index contributed by atoms with van der Waals surface area (Å²) in [5.74, 6) is -0.381. The molecule has 0 radical (unpaired) electrons. The van der Waals surface area contributed by atoms with Crippen molar-refractivity contribution in [1.29, 1.82) is 0 Å². The molecule has 0 bridgehead atoms. The highest BCUT2D eigenvalue weighted by atomic mass is 19.1. The molecule has 3 aromatic rings. The minimum atomic E-state index is -0.902. The first-order valence-corrected chi connectivity index (χ1v) is 11.4. The van der Waals surface area contributed by atoms with Gasteiger partial charge in [0.05, 0.1) is 19.2 Å². The van der Waals surface area contributed by atoms with Gasteiger partial charge in [-0.1, -0.05) is 32.9 Å². The first-order valence-electron chi connectivity index (χ1n) is 11.4. The molecule has 0 spiro atoms. The lowest BCUT2D eigenvalue weighted by molar-refractivity contribution is -0.140. The Morgan fingerprint density at radius 2 is 1.97 bits per heavy atom. The zero-order valence-corrected chi connectivity index (χ0v) is 20.2. The molecule has 1 aliphatic rings. The Labute approximate surface area is 202 Å². The SMILES string of the molecule is COc1ccc2c(n1)CCN(C(=O)Cc1cc(=O)[nH]o1)C2C(=O)Cc1ccc(C(C)(C)C)c(F)c1. The summed E-state index contributed by atoms with van der Waals surface area (Å²) in [6.07, 6.45) is 0.213. The summed E-state index contributed by atoms with van der Waals surface area (Å²) in [5.41, 5.74) is 1.57. The summed E-state index contributed by atoms with van der Waals surface area (Å²) >= 11 is 0. The quantitative estimate of drug-likeness (QED) is 0.579. The smallest absolute Gasteiger partial charge is 0.280 e. The molecule has 35 heavy (non-hydrogen) atoms. The van der Waals surface area contributed by atoms with Crippen molar-refractivity contribution < 1.29 is 23.2 Å². The van der Waals surface area contributed by atoms with Gasteiger partial charge in [-0.15, -0.1) is 0 Å². The fourth-order valence-electron chi connectivity index (χ4n) is 4.43. The molecule has 0 fully saturated rings. The van der Waals surface area contributed by atoms with Crippen LogP contribution < -0.4 is 10.3 Å². The van der Waals surface area contributed by atoms with Gasteiger partial charge in [-0.05, 0) is 28.7 Å². The molecule has 8 nitrogen and oxygen atoms in total. The number of ether oxygens (including phenoxy) is 1. The molecule has 1 aromatic carbocycles. The molecule has 3 heterocycles. The lowest BCUT2D eigenvalue weighted by Crippen LogP contribution is -2.45. The molecule has 4 rings (SSSR count). The normalized spacial score (nSPS) is 15.6. The number of ketones is 1. The fraction of sp³-hybridized carbons (Fsp3) is 0.385. The Bertz CT molecular complexity index is 1320. The van der Waals surface area contributed by atoms with E-state index in [0.717, 1.165) is 0 Å². The number of aromatic nitrogens is 2. The van der Waals surface area contributed by atoms with Crippen LogP contribution in [0, 0.1) is 5.82 Å². The second kappa shape index (κ2) is 9.48. The number of hydrogen-bond donors (Lipinski definition) is 1. The van der Waals surface area contributed by atoms with Crippen LogP contribution in [0.15, 0.2) is 45.7 Å². The van der Waals surface area contributed by atoms with E-state index in [9.17, 15) is 18.8 Å². The minimum absolute atomic E-state index is 0.0551. The molecule has 1 atom stereocenters. The highest BCUT2D eigenvalue weighted by molar-refractivity contribution is 5.92. The molecule has 184 valence electrons. The van der Waals surface area contributed by atoms with E-state index in [4.69, 9.17) is 9.26 Å². The maximum absolute atomic E-state index is 14.8. The van der Waals surface area contributed by atoms with E-state index < -0.39 is 11.6 Å². The topological polar surface area (TPSA) is 106 Å². The van der Waals surface area contributed by atoms with Crippen molar-refractivity contribution in [2.24, 2.45) is 0 Å². The van der Waals surface area contributed by atoms with Crippen molar-refractivity contribution >= 4 is 11.7 Å². The summed E-state index contributed by atoms with van der Waals surface area (Å²) in [5, 5.41) is 2.16. The summed E-state index contributed by atoms with van der Waals surface area (Å²) in [6, 6.07) is 8.53. The zero-order chi connectivity index (χ0) is 25.3. The number of H-pyrrole nitrogens is 1. The number of amides is 1. The molecule has 2 aromatic heterocycles. The van der Waals surface area contributed by atoms with Crippen molar-refractivity contribution in [3.05, 3.63) is 80.7 Å². The number of halogens is 1. The van der Waals surface area contributed by atoms with Gasteiger partial charge in [0.1, 0.15) is 17.6 Å². The first kappa shape index (κ1) is 24.4. The number of nitrogens with one attached hydrogen (secondary N) is 1. The number of Topliss-reactive ketones (excluding diaryl/α,β-unsaturated/α-hetero) is 1. The number of benzene rings is 1. The van der Waals surface area contributed by atoms with Crippen molar-refractivity contribution in [2.45, 2.75) is 51.5 Å². The van der Waals surface area contributed by atoms with Gasteiger partial charge in [-0.2, -0.15) is 5.16 Å². The third-order valence-corrected chi connectivity index (χ3v) is 6.13. The molecular weight excluding hydrogens is 453 g/mol. The van der Waals surface area contributed by atoms with E-state index in [0.29, 0.717) is 34.7 Å². The molecule has 9 heteroatoms. The van der Waals surface area contributed by atoms with Crippen LogP contribution >= 0.6 is 0 Å². The Morgan fingerprint density at radius 1 is 1.20 bits per heavy atom. The number of hydrogen-bond acceptors (Lipinski definition) is 6.